The minimum absolute atomic E-state index is 0.0206. The van der Waals surface area contributed by atoms with Crippen molar-refractivity contribution >= 4 is 34.2 Å². The molecule has 1 saturated heterocycles. The van der Waals surface area contributed by atoms with Gasteiger partial charge in [0, 0.05) is 48.6 Å². The van der Waals surface area contributed by atoms with Crippen LogP contribution in [0.1, 0.15) is 77.4 Å². The average molecular weight is 650 g/mol. The molecule has 0 radical (unpaired) electrons. The predicted molar refractivity (Wildman–Crippen MR) is 140 cm³/mol. The van der Waals surface area contributed by atoms with Gasteiger partial charge in [-0.05, 0) is 36.6 Å². The average Bonchev–Trinajstić information content (AvgIpc) is 3.72. The number of carbonyl (C=O) groups is 1. The van der Waals surface area contributed by atoms with Crippen LogP contribution in [0.3, 0.4) is 0 Å². The molecule has 1 N–H and O–H groups in total. The first-order valence-electron chi connectivity index (χ1n) is 12.9. The molecule has 1 fully saturated rings. The highest BCUT2D eigenvalue weighted by molar-refractivity contribution is 7.77. The lowest BCUT2D eigenvalue weighted by Gasteiger charge is -2.31. The van der Waals surface area contributed by atoms with Gasteiger partial charge < -0.3 is 14.3 Å². The van der Waals surface area contributed by atoms with E-state index < -0.39 is 65.7 Å². The summed E-state index contributed by atoms with van der Waals surface area (Å²) in [5.74, 6) is -2.34. The molecule has 0 aliphatic carbocycles. The summed E-state index contributed by atoms with van der Waals surface area (Å²) in [5.41, 5.74) is -0.928. The summed E-state index contributed by atoms with van der Waals surface area (Å²) in [7, 11) is 0. The molecule has 4 heterocycles. The van der Waals surface area contributed by atoms with Gasteiger partial charge in [-0.1, -0.05) is 5.16 Å². The van der Waals surface area contributed by atoms with Gasteiger partial charge in [-0.25, -0.2) is 36.0 Å². The van der Waals surface area contributed by atoms with Gasteiger partial charge in [0.25, 0.3) is 12.9 Å². The molecule has 2 unspecified atom stereocenters. The molecule has 1 amide bonds. The lowest BCUT2D eigenvalue weighted by atomic mass is 9.97. The molecule has 2 aliphatic rings. The van der Waals surface area contributed by atoms with E-state index in [9.17, 15) is 39.9 Å². The van der Waals surface area contributed by atoms with Crippen molar-refractivity contribution in [3.05, 3.63) is 68.4 Å². The maximum atomic E-state index is 14.7. The molecule has 2 aliphatic heterocycles. The Morgan fingerprint density at radius 2 is 1.84 bits per heavy atom. The van der Waals surface area contributed by atoms with E-state index in [4.69, 9.17) is 4.84 Å². The first-order chi connectivity index (χ1) is 20.5. The predicted octanol–water partition coefficient (Wildman–Crippen LogP) is 4.65. The SMILES string of the molecule is O=C(Cn1nc(C(F)F)cc1C(F)F)N1CCC(c2nc(C3=NOC(c4c(F)cc(CNS(=O)[O-])cc4F)C3)cs2)CC1. The zero-order chi connectivity index (χ0) is 30.8. The Labute approximate surface area is 247 Å². The third-order valence-corrected chi connectivity index (χ3v) is 8.49. The summed E-state index contributed by atoms with van der Waals surface area (Å²) >= 11 is -1.23. The number of piperidine rings is 1. The van der Waals surface area contributed by atoms with Crippen molar-refractivity contribution < 1.29 is 44.7 Å². The van der Waals surface area contributed by atoms with Gasteiger partial charge in [-0.2, -0.15) is 5.10 Å². The largest absolute Gasteiger partial charge is 0.760 e. The number of carbonyl (C=O) groups excluding carboxylic acids is 1. The van der Waals surface area contributed by atoms with Gasteiger partial charge in [0.1, 0.15) is 35.3 Å². The first kappa shape index (κ1) is 31.1. The number of benzene rings is 1. The number of rotatable bonds is 10. The first-order valence-corrected chi connectivity index (χ1v) is 14.9. The van der Waals surface area contributed by atoms with Crippen molar-refractivity contribution in [1.82, 2.24) is 24.4 Å². The van der Waals surface area contributed by atoms with Gasteiger partial charge in [0.05, 0.1) is 16.3 Å². The topological polar surface area (TPSA) is 125 Å². The van der Waals surface area contributed by atoms with Crippen LogP contribution in [0.4, 0.5) is 26.3 Å². The number of alkyl halides is 4. The van der Waals surface area contributed by atoms with E-state index >= 15 is 0 Å². The van der Waals surface area contributed by atoms with E-state index in [1.165, 1.54) is 16.2 Å². The van der Waals surface area contributed by atoms with Crippen LogP contribution in [0, 0.1) is 11.6 Å². The van der Waals surface area contributed by atoms with E-state index in [2.05, 4.69) is 15.2 Å². The Balaban J connectivity index is 1.16. The molecule has 5 rings (SSSR count). The Morgan fingerprint density at radius 1 is 1.14 bits per heavy atom. The van der Waals surface area contributed by atoms with Crippen molar-refractivity contribution in [2.45, 2.75) is 57.2 Å². The van der Waals surface area contributed by atoms with Crippen LogP contribution in [0.25, 0.3) is 0 Å². The standard InChI is InChI=1S/C25H24F6N6O4S2/c26-14-5-12(9-32-43(39)40)6-15(27)22(14)20-8-16(35-41-20)18-11-42-25(33-18)13-1-3-36(4-2-13)21(38)10-37-19(24(30)31)7-17(34-37)23(28)29/h5-7,11,13,20,23-24,32H,1-4,8-10H2,(H,39,40)/p-1. The number of hydrogen-bond acceptors (Lipinski definition) is 8. The fourth-order valence-corrected chi connectivity index (χ4v) is 6.23. The second kappa shape index (κ2) is 13.1. The van der Waals surface area contributed by atoms with E-state index in [-0.39, 0.29) is 30.0 Å². The quantitative estimate of drug-likeness (QED) is 0.252. The third kappa shape index (κ3) is 7.08. The molecular weight excluding hydrogens is 626 g/mol. The van der Waals surface area contributed by atoms with E-state index in [0.29, 0.717) is 48.1 Å². The molecule has 0 bridgehead atoms. The highest BCUT2D eigenvalue weighted by Crippen LogP contribution is 2.36. The number of likely N-dealkylation sites (tertiary alicyclic amines) is 1. The summed E-state index contributed by atoms with van der Waals surface area (Å²) < 4.78 is 106. The van der Waals surface area contributed by atoms with Gasteiger partial charge in [-0.3, -0.25) is 13.7 Å². The van der Waals surface area contributed by atoms with Crippen molar-refractivity contribution in [2.75, 3.05) is 13.1 Å². The zero-order valence-corrected chi connectivity index (χ0v) is 23.7. The number of aromatic nitrogens is 3. The van der Waals surface area contributed by atoms with Crippen LogP contribution in [0.2, 0.25) is 0 Å². The number of amides is 1. The fourth-order valence-electron chi connectivity index (χ4n) is 4.94. The van der Waals surface area contributed by atoms with Crippen LogP contribution in [-0.4, -0.2) is 53.1 Å². The molecular formula is C25H23F6N6O4S2-. The summed E-state index contributed by atoms with van der Waals surface area (Å²) in [4.78, 5) is 24.1. The highest BCUT2D eigenvalue weighted by atomic mass is 32.2. The Hall–Kier alpha value is -3.35. The molecule has 232 valence electrons. The molecule has 0 spiro atoms. The second-order valence-corrected chi connectivity index (χ2v) is 11.5. The number of oxime groups is 1. The lowest BCUT2D eigenvalue weighted by Crippen LogP contribution is -2.40. The van der Waals surface area contributed by atoms with Crippen LogP contribution in [0.5, 0.6) is 0 Å². The van der Waals surface area contributed by atoms with Gasteiger partial charge in [0.2, 0.25) is 5.91 Å². The maximum Gasteiger partial charge on any atom is 0.282 e. The molecule has 18 heteroatoms. The molecule has 3 aromatic rings. The summed E-state index contributed by atoms with van der Waals surface area (Å²) in [6.07, 6.45) is -6.05. The molecule has 2 atom stereocenters. The van der Waals surface area contributed by atoms with Gasteiger partial charge >= 0.3 is 0 Å². The molecule has 10 nitrogen and oxygen atoms in total. The fraction of sp³-hybridized carbons (Fsp3) is 0.440. The number of nitrogens with one attached hydrogen (secondary N) is 1. The molecule has 1 aromatic carbocycles. The Kier molecular flexibility index (Phi) is 9.48. The van der Waals surface area contributed by atoms with E-state index in [0.717, 1.165) is 17.1 Å². The van der Waals surface area contributed by atoms with Crippen LogP contribution < -0.4 is 4.72 Å². The van der Waals surface area contributed by atoms with Crippen LogP contribution in [0.15, 0.2) is 28.7 Å². The van der Waals surface area contributed by atoms with Crippen molar-refractivity contribution in [3.63, 3.8) is 0 Å². The summed E-state index contributed by atoms with van der Waals surface area (Å²) in [6.45, 7) is -0.266. The Bertz CT molecular complexity index is 1520. The minimum atomic E-state index is -3.06. The van der Waals surface area contributed by atoms with Crippen LogP contribution >= 0.6 is 11.3 Å². The van der Waals surface area contributed by atoms with E-state index in [1.807, 2.05) is 4.72 Å². The Morgan fingerprint density at radius 3 is 2.47 bits per heavy atom. The van der Waals surface area contributed by atoms with Gasteiger partial charge in [0.15, 0.2) is 6.10 Å². The highest BCUT2D eigenvalue weighted by Gasteiger charge is 2.32. The summed E-state index contributed by atoms with van der Waals surface area (Å²) in [5, 5.41) is 9.93. The summed E-state index contributed by atoms with van der Waals surface area (Å²) in [6, 6.07) is 2.64. The normalized spacial score (nSPS) is 18.4. The number of thiazole rings is 1. The second-order valence-electron chi connectivity index (χ2n) is 9.84. The maximum absolute atomic E-state index is 14.7. The lowest BCUT2D eigenvalue weighted by molar-refractivity contribution is -0.133. The van der Waals surface area contributed by atoms with Crippen molar-refractivity contribution in [1.29, 1.82) is 0 Å². The minimum Gasteiger partial charge on any atom is -0.760 e. The van der Waals surface area contributed by atoms with E-state index in [1.54, 1.807) is 5.38 Å². The zero-order valence-electron chi connectivity index (χ0n) is 22.0. The van der Waals surface area contributed by atoms with Gasteiger partial charge in [-0.15, -0.1) is 11.3 Å². The smallest absolute Gasteiger partial charge is 0.282 e. The number of hydrogen-bond donors (Lipinski definition) is 1. The number of nitrogens with zero attached hydrogens (tertiary/aromatic N) is 5. The molecule has 2 aromatic heterocycles. The third-order valence-electron chi connectivity index (χ3n) is 7.10. The number of halogens is 6. The van der Waals surface area contributed by atoms with Crippen molar-refractivity contribution in [3.8, 4) is 0 Å². The molecule has 0 saturated carbocycles. The molecule has 43 heavy (non-hydrogen) atoms. The van der Waals surface area contributed by atoms with Crippen LogP contribution in [-0.2, 0) is 34.0 Å². The monoisotopic (exact) mass is 649 g/mol. The van der Waals surface area contributed by atoms with Crippen molar-refractivity contribution in [2.24, 2.45) is 5.16 Å².